The molecule has 174 valence electrons. The highest BCUT2D eigenvalue weighted by Crippen LogP contribution is 2.30. The number of rotatable bonds is 5. The van der Waals surface area contributed by atoms with Crippen LogP contribution in [0.5, 0.6) is 0 Å². The molecule has 1 N–H and O–H groups in total. The number of carbonyl (C=O) groups is 2. The van der Waals surface area contributed by atoms with Crippen LogP contribution in [-0.2, 0) is 9.59 Å². The molecule has 11 heteroatoms. The van der Waals surface area contributed by atoms with E-state index < -0.39 is 11.8 Å². The Balaban J connectivity index is 1.41. The largest absolute Gasteiger partial charge is 0.450 e. The zero-order valence-electron chi connectivity index (χ0n) is 18.6. The fraction of sp³-hybridized carbons (Fsp3) is 0.0833. The van der Waals surface area contributed by atoms with Gasteiger partial charge in [0.15, 0.2) is 10.2 Å². The Hall–Kier alpha value is -4.09. The van der Waals surface area contributed by atoms with Gasteiger partial charge in [0.05, 0.1) is 11.4 Å². The number of nitrogens with one attached hydrogen (secondary N) is 1. The number of aryl methyl sites for hydroxylation is 2. The van der Waals surface area contributed by atoms with Gasteiger partial charge in [-0.3, -0.25) is 19.8 Å². The number of hydrogen-bond acceptors (Lipinski definition) is 8. The van der Waals surface area contributed by atoms with Gasteiger partial charge in [-0.25, -0.2) is 0 Å². The van der Waals surface area contributed by atoms with E-state index in [0.29, 0.717) is 21.7 Å². The Morgan fingerprint density at radius 2 is 1.86 bits per heavy atom. The smallest absolute Gasteiger partial charge is 0.270 e. The fourth-order valence-corrected chi connectivity index (χ4v) is 4.64. The molecule has 1 aliphatic rings. The third kappa shape index (κ3) is 4.51. The quantitative estimate of drug-likeness (QED) is 0.249. The third-order valence-corrected chi connectivity index (χ3v) is 6.36. The Bertz CT molecular complexity index is 1490. The average molecular weight is 503 g/mol. The van der Waals surface area contributed by atoms with E-state index in [1.54, 1.807) is 16.8 Å². The van der Waals surface area contributed by atoms with Crippen LogP contribution in [0.4, 0.5) is 5.69 Å². The number of furan rings is 1. The highest BCUT2D eigenvalue weighted by atomic mass is 32.2. The van der Waals surface area contributed by atoms with Gasteiger partial charge < -0.3 is 4.42 Å². The molecule has 0 spiro atoms. The van der Waals surface area contributed by atoms with Crippen LogP contribution >= 0.6 is 24.0 Å². The maximum Gasteiger partial charge on any atom is 0.270 e. The summed E-state index contributed by atoms with van der Waals surface area (Å²) in [5.74, 6) is -0.776. The lowest BCUT2D eigenvalue weighted by Gasteiger charge is -2.30. The lowest BCUT2D eigenvalue weighted by atomic mass is 10.1. The molecular weight excluding hydrogens is 484 g/mol. The number of hydrogen-bond donors (Lipinski definition) is 1. The van der Waals surface area contributed by atoms with Crippen molar-refractivity contribution in [3.63, 3.8) is 0 Å². The van der Waals surface area contributed by atoms with E-state index >= 15 is 0 Å². The molecule has 2 amide bonds. The Labute approximate surface area is 209 Å². The van der Waals surface area contributed by atoms with E-state index in [-0.39, 0.29) is 10.7 Å². The molecule has 0 radical (unpaired) electrons. The van der Waals surface area contributed by atoms with Crippen molar-refractivity contribution in [2.24, 2.45) is 0 Å². The van der Waals surface area contributed by atoms with Gasteiger partial charge in [0, 0.05) is 0 Å². The Kier molecular flexibility index (Phi) is 6.01. The van der Waals surface area contributed by atoms with Crippen molar-refractivity contribution in [2.75, 3.05) is 4.90 Å². The van der Waals surface area contributed by atoms with Crippen molar-refractivity contribution >= 4 is 52.7 Å². The molecule has 3 heterocycles. The molecule has 35 heavy (non-hydrogen) atoms. The third-order valence-electron chi connectivity index (χ3n) is 5.22. The summed E-state index contributed by atoms with van der Waals surface area (Å²) in [6.07, 6.45) is 1.40. The van der Waals surface area contributed by atoms with Crippen LogP contribution in [0.2, 0.25) is 0 Å². The van der Waals surface area contributed by atoms with Crippen LogP contribution in [0.1, 0.15) is 16.9 Å². The monoisotopic (exact) mass is 502 g/mol. The second kappa shape index (κ2) is 9.28. The van der Waals surface area contributed by atoms with Gasteiger partial charge in [-0.05, 0) is 90.2 Å². The molecule has 9 nitrogen and oxygen atoms in total. The van der Waals surface area contributed by atoms with Crippen LogP contribution in [0.15, 0.2) is 80.9 Å². The molecule has 1 saturated heterocycles. The van der Waals surface area contributed by atoms with Crippen molar-refractivity contribution in [1.29, 1.82) is 0 Å². The zero-order chi connectivity index (χ0) is 24.5. The molecular formula is C24H18N6O3S2. The van der Waals surface area contributed by atoms with Crippen LogP contribution in [0, 0.1) is 13.8 Å². The standard InChI is InChI=1S/C24H18N6O3S2/c1-14-8-10-19(15(2)12-14)29-22(32)18(21(31)25-23(29)34)13-17-9-11-20(33-17)35-24-26-27-28-30(24)16-6-4-3-5-7-16/h3-13H,1-2H3,(H,25,31,34)/b18-13+. The predicted molar refractivity (Wildman–Crippen MR) is 134 cm³/mol. The second-order valence-corrected chi connectivity index (χ2v) is 9.07. The summed E-state index contributed by atoms with van der Waals surface area (Å²) in [4.78, 5) is 27.2. The van der Waals surface area contributed by atoms with Crippen LogP contribution in [0.3, 0.4) is 0 Å². The SMILES string of the molecule is Cc1ccc(N2C(=O)/C(=C/c3ccc(Sc4nnnn4-c4ccccc4)o3)C(=O)NC2=S)c(C)c1. The summed E-state index contributed by atoms with van der Waals surface area (Å²) in [5.41, 5.74) is 3.25. The minimum atomic E-state index is -0.584. The van der Waals surface area contributed by atoms with Crippen molar-refractivity contribution in [1.82, 2.24) is 25.5 Å². The summed E-state index contributed by atoms with van der Waals surface area (Å²) in [7, 11) is 0. The lowest BCUT2D eigenvalue weighted by molar-refractivity contribution is -0.122. The molecule has 0 bridgehead atoms. The number of nitrogens with zero attached hydrogens (tertiary/aromatic N) is 5. The Morgan fingerprint density at radius 3 is 2.63 bits per heavy atom. The molecule has 1 aliphatic heterocycles. The fourth-order valence-electron chi connectivity index (χ4n) is 3.61. The summed E-state index contributed by atoms with van der Waals surface area (Å²) < 4.78 is 7.44. The van der Waals surface area contributed by atoms with E-state index in [1.807, 2.05) is 62.4 Å². The average Bonchev–Trinajstić information content (AvgIpc) is 3.48. The van der Waals surface area contributed by atoms with Crippen molar-refractivity contribution in [3.8, 4) is 5.69 Å². The highest BCUT2D eigenvalue weighted by Gasteiger charge is 2.35. The molecule has 5 rings (SSSR count). The highest BCUT2D eigenvalue weighted by molar-refractivity contribution is 7.99. The van der Waals surface area contributed by atoms with Crippen molar-refractivity contribution in [3.05, 3.63) is 83.1 Å². The molecule has 0 unspecified atom stereocenters. The van der Waals surface area contributed by atoms with E-state index in [4.69, 9.17) is 16.6 Å². The van der Waals surface area contributed by atoms with Gasteiger partial charge in [-0.1, -0.05) is 35.9 Å². The lowest BCUT2D eigenvalue weighted by Crippen LogP contribution is -2.54. The first-order valence-electron chi connectivity index (χ1n) is 10.5. The molecule has 0 aliphatic carbocycles. The number of benzene rings is 2. The van der Waals surface area contributed by atoms with Gasteiger partial charge in [-0.15, -0.1) is 5.10 Å². The molecule has 0 atom stereocenters. The van der Waals surface area contributed by atoms with E-state index in [2.05, 4.69) is 20.8 Å². The van der Waals surface area contributed by atoms with Gasteiger partial charge in [0.2, 0.25) is 5.16 Å². The maximum atomic E-state index is 13.3. The molecule has 0 saturated carbocycles. The van der Waals surface area contributed by atoms with Crippen molar-refractivity contribution in [2.45, 2.75) is 24.1 Å². The number of anilines is 1. The number of thiocarbonyl (C=S) groups is 1. The summed E-state index contributed by atoms with van der Waals surface area (Å²) >= 11 is 6.51. The number of carbonyl (C=O) groups excluding carboxylic acids is 2. The minimum absolute atomic E-state index is 0.0348. The number of aromatic nitrogens is 4. The van der Waals surface area contributed by atoms with Gasteiger partial charge in [0.25, 0.3) is 11.8 Å². The van der Waals surface area contributed by atoms with E-state index in [9.17, 15) is 9.59 Å². The summed E-state index contributed by atoms with van der Waals surface area (Å²) in [6.45, 7) is 3.85. The summed E-state index contributed by atoms with van der Waals surface area (Å²) in [5, 5.41) is 15.4. The first-order chi connectivity index (χ1) is 16.9. The van der Waals surface area contributed by atoms with Crippen LogP contribution in [0.25, 0.3) is 11.8 Å². The second-order valence-electron chi connectivity index (χ2n) is 7.72. The van der Waals surface area contributed by atoms with Crippen molar-refractivity contribution < 1.29 is 14.0 Å². The molecule has 1 fully saturated rings. The first-order valence-corrected chi connectivity index (χ1v) is 11.7. The first kappa shape index (κ1) is 22.7. The molecule has 4 aromatic rings. The topological polar surface area (TPSA) is 106 Å². The summed E-state index contributed by atoms with van der Waals surface area (Å²) in [6, 6.07) is 18.5. The van der Waals surface area contributed by atoms with E-state index in [0.717, 1.165) is 16.8 Å². The van der Waals surface area contributed by atoms with Crippen LogP contribution < -0.4 is 10.2 Å². The molecule has 2 aromatic carbocycles. The van der Waals surface area contributed by atoms with Gasteiger partial charge in [0.1, 0.15) is 11.3 Å². The Morgan fingerprint density at radius 1 is 1.06 bits per heavy atom. The minimum Gasteiger partial charge on any atom is -0.450 e. The predicted octanol–water partition coefficient (Wildman–Crippen LogP) is 3.85. The number of tetrazole rings is 1. The number of amides is 2. The molecule has 2 aromatic heterocycles. The van der Waals surface area contributed by atoms with E-state index in [1.165, 1.54) is 22.7 Å². The van der Waals surface area contributed by atoms with Gasteiger partial charge >= 0.3 is 0 Å². The zero-order valence-corrected chi connectivity index (χ0v) is 20.3. The van der Waals surface area contributed by atoms with Gasteiger partial charge in [-0.2, -0.15) is 4.68 Å². The number of para-hydroxylation sites is 1. The van der Waals surface area contributed by atoms with Crippen LogP contribution in [-0.4, -0.2) is 37.1 Å². The normalized spacial score (nSPS) is 15.1. The maximum absolute atomic E-state index is 13.3.